The van der Waals surface area contributed by atoms with Crippen LogP contribution in [0.3, 0.4) is 0 Å². The molecule has 1 heterocycles. The van der Waals surface area contributed by atoms with Crippen LogP contribution in [0.2, 0.25) is 0 Å². The van der Waals surface area contributed by atoms with Crippen LogP contribution in [0.15, 0.2) is 48.5 Å². The summed E-state index contributed by atoms with van der Waals surface area (Å²) in [4.78, 5) is 12.6. The third kappa shape index (κ3) is 2.97. The number of aryl methyl sites for hydroxylation is 2. The minimum Gasteiger partial charge on any atom is -0.389 e. The first kappa shape index (κ1) is 14.6. The van der Waals surface area contributed by atoms with Crippen molar-refractivity contribution in [2.24, 2.45) is 0 Å². The highest BCUT2D eigenvalue weighted by molar-refractivity contribution is 5.71. The van der Waals surface area contributed by atoms with Gasteiger partial charge in [-0.2, -0.15) is 0 Å². The van der Waals surface area contributed by atoms with Gasteiger partial charge in [0.25, 0.3) is 0 Å². The van der Waals surface area contributed by atoms with Gasteiger partial charge in [0.2, 0.25) is 6.41 Å². The molecule has 1 aliphatic rings. The van der Waals surface area contributed by atoms with Gasteiger partial charge in [-0.05, 0) is 36.1 Å². The van der Waals surface area contributed by atoms with Gasteiger partial charge in [0, 0.05) is 17.9 Å². The van der Waals surface area contributed by atoms with E-state index in [1.54, 1.807) is 0 Å². The fourth-order valence-electron chi connectivity index (χ4n) is 3.03. The number of nitrogens with zero attached hydrogens (tertiary/aromatic N) is 1. The zero-order valence-corrected chi connectivity index (χ0v) is 12.4. The third-order valence-corrected chi connectivity index (χ3v) is 4.06. The number of para-hydroxylation sites is 2. The molecule has 2 aromatic rings. The van der Waals surface area contributed by atoms with Crippen LogP contribution in [0, 0.1) is 0 Å². The lowest BCUT2D eigenvalue weighted by molar-refractivity contribution is -0.109. The smallest absolute Gasteiger partial charge is 0.207 e. The molecule has 1 amide bonds. The van der Waals surface area contributed by atoms with E-state index in [0.717, 1.165) is 24.2 Å². The molecule has 0 bridgehead atoms. The maximum absolute atomic E-state index is 10.4. The fraction of sp³-hybridized carbons (Fsp3) is 0.278. The number of carbonyl (C=O) groups is 1. The average Bonchev–Trinajstić information content (AvgIpc) is 2.71. The molecular formula is C18H20N2O2. The fourth-order valence-corrected chi connectivity index (χ4v) is 3.03. The number of benzene rings is 2. The van der Waals surface area contributed by atoms with Crippen LogP contribution in [0.4, 0.5) is 11.4 Å². The zero-order chi connectivity index (χ0) is 15.4. The number of rotatable bonds is 5. The zero-order valence-electron chi connectivity index (χ0n) is 12.4. The number of carbonyl (C=O) groups excluding carboxylic acids is 1. The summed E-state index contributed by atoms with van der Waals surface area (Å²) in [5.41, 5.74) is 4.85. The minimum absolute atomic E-state index is 0.254. The summed E-state index contributed by atoms with van der Waals surface area (Å²) in [6, 6.07) is 16.6. The molecule has 4 heteroatoms. The van der Waals surface area contributed by atoms with Crippen LogP contribution >= 0.6 is 0 Å². The molecule has 1 atom stereocenters. The third-order valence-electron chi connectivity index (χ3n) is 4.06. The Kier molecular flexibility index (Phi) is 4.39. The number of nitrogens with one attached hydrogen (secondary N) is 1. The van der Waals surface area contributed by atoms with Gasteiger partial charge in [-0.15, -0.1) is 0 Å². The molecule has 0 unspecified atom stereocenters. The molecule has 0 spiro atoms. The molecule has 3 rings (SSSR count). The first-order valence-electron chi connectivity index (χ1n) is 7.58. The van der Waals surface area contributed by atoms with E-state index in [0.29, 0.717) is 13.0 Å². The number of hydrogen-bond donors (Lipinski definition) is 2. The first-order valence-corrected chi connectivity index (χ1v) is 7.58. The second-order valence-corrected chi connectivity index (χ2v) is 5.55. The van der Waals surface area contributed by atoms with Crippen molar-refractivity contribution in [1.82, 2.24) is 5.32 Å². The Labute approximate surface area is 130 Å². The molecular weight excluding hydrogens is 276 g/mol. The van der Waals surface area contributed by atoms with Crippen molar-refractivity contribution in [3.05, 3.63) is 59.7 Å². The first-order chi connectivity index (χ1) is 10.8. The summed E-state index contributed by atoms with van der Waals surface area (Å²) in [6.45, 7) is 0.708. The van der Waals surface area contributed by atoms with Crippen LogP contribution in [0.1, 0.15) is 11.1 Å². The van der Waals surface area contributed by atoms with E-state index in [9.17, 15) is 9.90 Å². The second kappa shape index (κ2) is 6.62. The van der Waals surface area contributed by atoms with Gasteiger partial charge in [-0.25, -0.2) is 0 Å². The van der Waals surface area contributed by atoms with E-state index < -0.39 is 6.10 Å². The molecule has 22 heavy (non-hydrogen) atoms. The van der Waals surface area contributed by atoms with Crippen LogP contribution in [-0.4, -0.2) is 30.7 Å². The number of aliphatic hydroxyl groups excluding tert-OH is 1. The summed E-state index contributed by atoms with van der Waals surface area (Å²) in [5.74, 6) is 0. The van der Waals surface area contributed by atoms with E-state index in [-0.39, 0.29) is 6.54 Å². The van der Waals surface area contributed by atoms with E-state index in [2.05, 4.69) is 46.6 Å². The summed E-state index contributed by atoms with van der Waals surface area (Å²) in [5, 5.41) is 12.8. The standard InChI is InChI=1S/C18H20N2O2/c21-13-19-11-16(22)12-20-17-7-3-1-5-14(17)9-10-15-6-2-4-8-18(15)20/h1-8,13,16,22H,9-12H2,(H,19,21)/t16-/m1/s1. The Bertz CT molecular complexity index is 610. The largest absolute Gasteiger partial charge is 0.389 e. The topological polar surface area (TPSA) is 52.6 Å². The van der Waals surface area contributed by atoms with Crippen LogP contribution in [0.25, 0.3) is 0 Å². The summed E-state index contributed by atoms with van der Waals surface area (Å²) < 4.78 is 0. The van der Waals surface area contributed by atoms with E-state index >= 15 is 0 Å². The van der Waals surface area contributed by atoms with Crippen molar-refractivity contribution >= 4 is 17.8 Å². The van der Waals surface area contributed by atoms with E-state index in [4.69, 9.17) is 0 Å². The molecule has 2 N–H and O–H groups in total. The Balaban J connectivity index is 1.97. The van der Waals surface area contributed by atoms with Crippen LogP contribution in [0.5, 0.6) is 0 Å². The van der Waals surface area contributed by atoms with Gasteiger partial charge in [-0.3, -0.25) is 4.79 Å². The van der Waals surface area contributed by atoms with Crippen LogP contribution < -0.4 is 10.2 Å². The lowest BCUT2D eigenvalue weighted by Crippen LogP contribution is -2.36. The predicted molar refractivity (Wildman–Crippen MR) is 87.4 cm³/mol. The highest BCUT2D eigenvalue weighted by Crippen LogP contribution is 2.35. The predicted octanol–water partition coefficient (Wildman–Crippen LogP) is 2.03. The van der Waals surface area contributed by atoms with Crippen molar-refractivity contribution in [3.63, 3.8) is 0 Å². The Morgan fingerprint density at radius 3 is 2.14 bits per heavy atom. The monoisotopic (exact) mass is 296 g/mol. The highest BCUT2D eigenvalue weighted by Gasteiger charge is 2.22. The molecule has 0 aliphatic carbocycles. The Morgan fingerprint density at radius 1 is 1.05 bits per heavy atom. The van der Waals surface area contributed by atoms with Gasteiger partial charge >= 0.3 is 0 Å². The molecule has 0 radical (unpaired) electrons. The molecule has 2 aromatic carbocycles. The lowest BCUT2D eigenvalue weighted by Gasteiger charge is -2.29. The summed E-state index contributed by atoms with van der Waals surface area (Å²) >= 11 is 0. The van der Waals surface area contributed by atoms with Crippen LogP contribution in [-0.2, 0) is 17.6 Å². The van der Waals surface area contributed by atoms with Gasteiger partial charge in [-0.1, -0.05) is 36.4 Å². The molecule has 4 nitrogen and oxygen atoms in total. The van der Waals surface area contributed by atoms with Gasteiger partial charge in [0.15, 0.2) is 0 Å². The maximum Gasteiger partial charge on any atom is 0.207 e. The normalized spacial score (nSPS) is 14.5. The second-order valence-electron chi connectivity index (χ2n) is 5.55. The van der Waals surface area contributed by atoms with Crippen molar-refractivity contribution < 1.29 is 9.90 Å². The number of hydrogen-bond acceptors (Lipinski definition) is 3. The number of fused-ring (bicyclic) bond motifs is 2. The number of anilines is 2. The van der Waals surface area contributed by atoms with Gasteiger partial charge in [0.1, 0.15) is 0 Å². The molecule has 0 saturated carbocycles. The molecule has 0 aromatic heterocycles. The Morgan fingerprint density at radius 2 is 1.59 bits per heavy atom. The number of amides is 1. The maximum atomic E-state index is 10.4. The molecule has 0 fully saturated rings. The van der Waals surface area contributed by atoms with Crippen molar-refractivity contribution in [2.75, 3.05) is 18.0 Å². The Hall–Kier alpha value is -2.33. The summed E-state index contributed by atoms with van der Waals surface area (Å²) in [7, 11) is 0. The molecule has 0 saturated heterocycles. The minimum atomic E-state index is -0.621. The number of β-amino-alcohol motifs (C(OH)–C–C–N with tert-alkyl or cyclic N) is 1. The highest BCUT2D eigenvalue weighted by atomic mass is 16.3. The van der Waals surface area contributed by atoms with Crippen molar-refractivity contribution in [1.29, 1.82) is 0 Å². The lowest BCUT2D eigenvalue weighted by atomic mass is 10.0. The molecule has 1 aliphatic heterocycles. The number of aliphatic hydroxyl groups is 1. The molecule has 114 valence electrons. The average molecular weight is 296 g/mol. The van der Waals surface area contributed by atoms with Gasteiger partial charge < -0.3 is 15.3 Å². The van der Waals surface area contributed by atoms with E-state index in [1.165, 1.54) is 11.1 Å². The van der Waals surface area contributed by atoms with Crippen molar-refractivity contribution in [2.45, 2.75) is 18.9 Å². The van der Waals surface area contributed by atoms with Crippen molar-refractivity contribution in [3.8, 4) is 0 Å². The van der Waals surface area contributed by atoms with Gasteiger partial charge in [0.05, 0.1) is 12.6 Å². The summed E-state index contributed by atoms with van der Waals surface area (Å²) in [6.07, 6.45) is 1.98. The SMILES string of the molecule is O=CNC[C@@H](O)CN1c2ccccc2CCc2ccccc21. The van der Waals surface area contributed by atoms with E-state index in [1.807, 2.05) is 12.1 Å². The quantitative estimate of drug-likeness (QED) is 0.830.